The fraction of sp³-hybridized carbons (Fsp3) is 0.636. The van der Waals surface area contributed by atoms with Crippen molar-refractivity contribution in [1.82, 2.24) is 0 Å². The monoisotopic (exact) mass is 356 g/mol. The van der Waals surface area contributed by atoms with Crippen LogP contribution in [-0.2, 0) is 9.59 Å². The van der Waals surface area contributed by atoms with Gasteiger partial charge in [0.1, 0.15) is 12.2 Å². The van der Waals surface area contributed by atoms with Gasteiger partial charge in [-0.3, -0.25) is 9.59 Å². The quantitative estimate of drug-likeness (QED) is 0.746. The Hall–Kier alpha value is -1.52. The summed E-state index contributed by atoms with van der Waals surface area (Å²) in [7, 11) is 0. The second-order valence-electron chi connectivity index (χ2n) is 9.12. The molecule has 4 aliphatic carbocycles. The smallest absolute Gasteiger partial charge is 0.190 e. The van der Waals surface area contributed by atoms with Gasteiger partial charge in [-0.2, -0.15) is 0 Å². The van der Waals surface area contributed by atoms with E-state index in [0.717, 1.165) is 19.3 Å². The number of Topliss-reactive ketones (excluding diaryl/α,β-unsaturated/α-hetero) is 1. The van der Waals surface area contributed by atoms with Crippen LogP contribution in [-0.4, -0.2) is 34.0 Å². The van der Waals surface area contributed by atoms with Gasteiger partial charge >= 0.3 is 0 Å². The van der Waals surface area contributed by atoms with Gasteiger partial charge in [0.05, 0.1) is 0 Å². The number of fused-ring (bicyclic) bond motifs is 5. The van der Waals surface area contributed by atoms with Gasteiger partial charge in [-0.05, 0) is 62.5 Å². The van der Waals surface area contributed by atoms with Crippen molar-refractivity contribution in [2.75, 3.05) is 6.61 Å². The molecule has 0 bridgehead atoms. The van der Waals surface area contributed by atoms with Crippen LogP contribution < -0.4 is 0 Å². The number of ketones is 2. The molecular formula is C22H28O4. The number of carbonyl (C=O) groups excluding carboxylic acids is 2. The van der Waals surface area contributed by atoms with Crippen LogP contribution in [0.3, 0.4) is 0 Å². The van der Waals surface area contributed by atoms with Crippen molar-refractivity contribution >= 4 is 11.6 Å². The average Bonchev–Trinajstić information content (AvgIpc) is 2.83. The highest BCUT2D eigenvalue weighted by Crippen LogP contribution is 2.66. The van der Waals surface area contributed by atoms with Crippen molar-refractivity contribution in [1.29, 1.82) is 0 Å². The van der Waals surface area contributed by atoms with Crippen LogP contribution in [0.25, 0.3) is 0 Å². The summed E-state index contributed by atoms with van der Waals surface area (Å²) in [5.41, 5.74) is 0.289. The summed E-state index contributed by atoms with van der Waals surface area (Å²) in [4.78, 5) is 24.3. The molecule has 4 nitrogen and oxygen atoms in total. The summed E-state index contributed by atoms with van der Waals surface area (Å²) < 4.78 is 0. The molecule has 2 fully saturated rings. The molecule has 0 aromatic carbocycles. The molecule has 26 heavy (non-hydrogen) atoms. The van der Waals surface area contributed by atoms with Gasteiger partial charge in [0.15, 0.2) is 11.6 Å². The molecule has 4 aliphatic rings. The highest BCUT2D eigenvalue weighted by Gasteiger charge is 2.66. The summed E-state index contributed by atoms with van der Waals surface area (Å²) in [6.07, 6.45) is 10.9. The first-order chi connectivity index (χ1) is 12.2. The lowest BCUT2D eigenvalue weighted by Crippen LogP contribution is -2.57. The SMILES string of the molecule is CC1CC2C3CCC4=CC(=O)C=C[C@@]4(C)C3=CC[C@@]2(C)[C@@]1(O)C(=O)CO. The fourth-order valence-corrected chi connectivity index (χ4v) is 6.58. The van der Waals surface area contributed by atoms with E-state index in [2.05, 4.69) is 13.0 Å². The predicted molar refractivity (Wildman–Crippen MR) is 98.2 cm³/mol. The molecule has 0 saturated heterocycles. The first-order valence-corrected chi connectivity index (χ1v) is 9.70. The third kappa shape index (κ3) is 1.97. The number of carbonyl (C=O) groups is 2. The Morgan fingerprint density at radius 1 is 1.35 bits per heavy atom. The molecular weight excluding hydrogens is 328 g/mol. The molecule has 4 rings (SSSR count). The van der Waals surface area contributed by atoms with Crippen molar-refractivity contribution in [3.05, 3.63) is 35.5 Å². The minimum atomic E-state index is -1.47. The van der Waals surface area contributed by atoms with Crippen molar-refractivity contribution in [3.63, 3.8) is 0 Å². The van der Waals surface area contributed by atoms with Crippen molar-refractivity contribution in [3.8, 4) is 0 Å². The molecule has 2 saturated carbocycles. The molecule has 0 heterocycles. The first-order valence-electron chi connectivity index (χ1n) is 9.70. The van der Waals surface area contributed by atoms with E-state index in [1.165, 1.54) is 11.1 Å². The highest BCUT2D eigenvalue weighted by atomic mass is 16.3. The number of aliphatic hydroxyl groups excluding tert-OH is 1. The van der Waals surface area contributed by atoms with E-state index in [9.17, 15) is 19.8 Å². The second-order valence-corrected chi connectivity index (χ2v) is 9.12. The number of rotatable bonds is 2. The molecule has 4 heteroatoms. The first kappa shape index (κ1) is 17.9. The Kier molecular flexibility index (Phi) is 3.78. The maximum absolute atomic E-state index is 12.5. The molecule has 0 aromatic rings. The average molecular weight is 356 g/mol. The Morgan fingerprint density at radius 3 is 2.77 bits per heavy atom. The third-order valence-corrected chi connectivity index (χ3v) is 8.10. The summed E-state index contributed by atoms with van der Waals surface area (Å²) in [5, 5.41) is 20.9. The molecule has 3 unspecified atom stereocenters. The number of aliphatic hydroxyl groups is 2. The third-order valence-electron chi connectivity index (χ3n) is 8.10. The van der Waals surface area contributed by atoms with Gasteiger partial charge in [0.25, 0.3) is 0 Å². The topological polar surface area (TPSA) is 74.6 Å². The van der Waals surface area contributed by atoms with Gasteiger partial charge in [0.2, 0.25) is 0 Å². The lowest BCUT2D eigenvalue weighted by atomic mass is 9.51. The summed E-state index contributed by atoms with van der Waals surface area (Å²) >= 11 is 0. The molecule has 0 aromatic heterocycles. The molecule has 2 N–H and O–H groups in total. The lowest BCUT2D eigenvalue weighted by Gasteiger charge is -2.53. The molecule has 0 radical (unpaired) electrons. The molecule has 0 spiro atoms. The van der Waals surface area contributed by atoms with Crippen LogP contribution in [0, 0.1) is 28.6 Å². The summed E-state index contributed by atoms with van der Waals surface area (Å²) in [6.45, 7) is 5.54. The zero-order valence-corrected chi connectivity index (χ0v) is 15.8. The highest BCUT2D eigenvalue weighted by molar-refractivity contribution is 6.01. The van der Waals surface area contributed by atoms with Gasteiger partial charge in [-0.1, -0.05) is 37.1 Å². The molecule has 0 amide bonds. The van der Waals surface area contributed by atoms with Crippen LogP contribution in [0.2, 0.25) is 0 Å². The Labute approximate surface area is 154 Å². The van der Waals surface area contributed by atoms with Crippen LogP contribution >= 0.6 is 0 Å². The predicted octanol–water partition coefficient (Wildman–Crippen LogP) is 2.75. The number of hydrogen-bond acceptors (Lipinski definition) is 4. The summed E-state index contributed by atoms with van der Waals surface area (Å²) in [5.74, 6) is -0.0376. The van der Waals surface area contributed by atoms with Crippen molar-refractivity contribution < 1.29 is 19.8 Å². The van der Waals surface area contributed by atoms with Crippen molar-refractivity contribution in [2.45, 2.75) is 52.1 Å². The largest absolute Gasteiger partial charge is 0.388 e. The molecule has 0 aliphatic heterocycles. The zero-order valence-electron chi connectivity index (χ0n) is 15.8. The fourth-order valence-electron chi connectivity index (χ4n) is 6.58. The van der Waals surface area contributed by atoms with Crippen LogP contribution in [0.15, 0.2) is 35.5 Å². The summed E-state index contributed by atoms with van der Waals surface area (Å²) in [6, 6.07) is 0. The molecule has 140 valence electrons. The molecule has 6 atom stereocenters. The van der Waals surface area contributed by atoms with Crippen LogP contribution in [0.5, 0.6) is 0 Å². The normalized spacial score (nSPS) is 46.8. The van der Waals surface area contributed by atoms with E-state index < -0.39 is 23.4 Å². The maximum Gasteiger partial charge on any atom is 0.190 e. The minimum absolute atomic E-state index is 0.0644. The number of hydrogen-bond donors (Lipinski definition) is 2. The standard InChI is InChI=1S/C22H28O4/c1-13-10-18-16-5-4-14-11-15(24)6-8-20(14,2)17(16)7-9-21(18,3)22(13,26)19(25)12-23/h6-8,11,13,16,18,23,26H,4-5,9-10,12H2,1-3H3/t13?,16?,18?,20-,21-,22+/m1/s1. The van der Waals surface area contributed by atoms with Gasteiger partial charge in [0, 0.05) is 10.8 Å². The van der Waals surface area contributed by atoms with E-state index in [4.69, 9.17) is 0 Å². The van der Waals surface area contributed by atoms with Crippen LogP contribution in [0.4, 0.5) is 0 Å². The van der Waals surface area contributed by atoms with E-state index in [-0.39, 0.29) is 23.0 Å². The lowest BCUT2D eigenvalue weighted by molar-refractivity contribution is -0.161. The van der Waals surface area contributed by atoms with Crippen molar-refractivity contribution in [2.24, 2.45) is 28.6 Å². The maximum atomic E-state index is 12.5. The number of allylic oxidation sites excluding steroid dienone is 6. The Balaban J connectivity index is 1.79. The van der Waals surface area contributed by atoms with E-state index in [1.807, 2.05) is 19.9 Å². The minimum Gasteiger partial charge on any atom is -0.388 e. The second kappa shape index (κ2) is 5.49. The van der Waals surface area contributed by atoms with Gasteiger partial charge < -0.3 is 10.2 Å². The Morgan fingerprint density at radius 2 is 2.08 bits per heavy atom. The van der Waals surface area contributed by atoms with E-state index >= 15 is 0 Å². The van der Waals surface area contributed by atoms with Gasteiger partial charge in [-0.15, -0.1) is 0 Å². The van der Waals surface area contributed by atoms with Crippen LogP contribution in [0.1, 0.15) is 46.5 Å². The van der Waals surface area contributed by atoms with Gasteiger partial charge in [-0.25, -0.2) is 0 Å². The zero-order chi connectivity index (χ0) is 18.9. The van der Waals surface area contributed by atoms with E-state index in [0.29, 0.717) is 12.3 Å². The Bertz CT molecular complexity index is 775. The van der Waals surface area contributed by atoms with E-state index in [1.54, 1.807) is 12.2 Å².